The van der Waals surface area contributed by atoms with E-state index in [1.54, 1.807) is 11.3 Å². The highest BCUT2D eigenvalue weighted by atomic mass is 32.1. The van der Waals surface area contributed by atoms with Crippen LogP contribution in [0, 0.1) is 0 Å². The minimum Gasteiger partial charge on any atom is -0.348 e. The standard InChI is InChI=1S/C14H19N5S/c1-2-12-16-13(18-15)8-14(17-12)19(10-5-6-10)9-11-4-3-7-20-11/h3-4,7-8,10H,2,5-6,9,15H2,1H3,(H,16,17,18). The van der Waals surface area contributed by atoms with Gasteiger partial charge in [0.25, 0.3) is 0 Å². The fourth-order valence-corrected chi connectivity index (χ4v) is 2.92. The molecule has 0 spiro atoms. The maximum Gasteiger partial charge on any atom is 0.145 e. The molecule has 20 heavy (non-hydrogen) atoms. The maximum absolute atomic E-state index is 5.51. The number of nitrogens with zero attached hydrogens (tertiary/aromatic N) is 3. The first-order valence-corrected chi connectivity index (χ1v) is 7.81. The molecule has 2 aromatic heterocycles. The number of anilines is 2. The maximum atomic E-state index is 5.51. The topological polar surface area (TPSA) is 67.1 Å². The van der Waals surface area contributed by atoms with E-state index in [4.69, 9.17) is 5.84 Å². The van der Waals surface area contributed by atoms with Gasteiger partial charge in [0.05, 0.1) is 6.54 Å². The molecular formula is C14H19N5S. The summed E-state index contributed by atoms with van der Waals surface area (Å²) in [5, 5.41) is 2.12. The van der Waals surface area contributed by atoms with Crippen LogP contribution < -0.4 is 16.2 Å². The van der Waals surface area contributed by atoms with Crippen molar-refractivity contribution in [3.8, 4) is 0 Å². The predicted octanol–water partition coefficient (Wildman–Crippen LogP) is 2.56. The highest BCUT2D eigenvalue weighted by Crippen LogP contribution is 2.33. The third kappa shape index (κ3) is 2.91. The molecule has 5 nitrogen and oxygen atoms in total. The first kappa shape index (κ1) is 13.3. The van der Waals surface area contributed by atoms with Crippen molar-refractivity contribution in [2.24, 2.45) is 5.84 Å². The predicted molar refractivity (Wildman–Crippen MR) is 82.7 cm³/mol. The van der Waals surface area contributed by atoms with E-state index in [9.17, 15) is 0 Å². The number of nitrogen functional groups attached to an aromatic ring is 1. The zero-order valence-corrected chi connectivity index (χ0v) is 12.4. The van der Waals surface area contributed by atoms with Gasteiger partial charge in [-0.2, -0.15) is 0 Å². The molecule has 1 saturated carbocycles. The van der Waals surface area contributed by atoms with Gasteiger partial charge >= 0.3 is 0 Å². The first-order valence-electron chi connectivity index (χ1n) is 6.93. The Hall–Kier alpha value is -1.66. The number of rotatable bonds is 6. The van der Waals surface area contributed by atoms with Crippen LogP contribution in [0.3, 0.4) is 0 Å². The molecule has 2 heterocycles. The third-order valence-corrected chi connectivity index (χ3v) is 4.27. The Bertz CT molecular complexity index is 543. The van der Waals surface area contributed by atoms with Crippen molar-refractivity contribution >= 4 is 23.0 Å². The molecule has 0 amide bonds. The average Bonchev–Trinajstić information content (AvgIpc) is 3.20. The number of hydrazine groups is 1. The van der Waals surface area contributed by atoms with Crippen molar-refractivity contribution in [1.82, 2.24) is 9.97 Å². The Balaban J connectivity index is 1.90. The summed E-state index contributed by atoms with van der Waals surface area (Å²) in [7, 11) is 0. The molecule has 0 atom stereocenters. The lowest BCUT2D eigenvalue weighted by Crippen LogP contribution is -2.26. The molecular weight excluding hydrogens is 270 g/mol. The van der Waals surface area contributed by atoms with Crippen molar-refractivity contribution < 1.29 is 0 Å². The molecule has 0 aromatic carbocycles. The fourth-order valence-electron chi connectivity index (χ4n) is 2.22. The van der Waals surface area contributed by atoms with Gasteiger partial charge in [0.1, 0.15) is 17.5 Å². The number of thiophene rings is 1. The molecule has 0 saturated heterocycles. The second kappa shape index (κ2) is 5.76. The smallest absolute Gasteiger partial charge is 0.145 e. The largest absolute Gasteiger partial charge is 0.348 e. The van der Waals surface area contributed by atoms with Crippen LogP contribution in [0.2, 0.25) is 0 Å². The van der Waals surface area contributed by atoms with Crippen molar-refractivity contribution in [2.75, 3.05) is 10.3 Å². The minimum absolute atomic E-state index is 0.599. The van der Waals surface area contributed by atoms with Gasteiger partial charge in [0.2, 0.25) is 0 Å². The number of aryl methyl sites for hydroxylation is 1. The summed E-state index contributed by atoms with van der Waals surface area (Å²) in [6.07, 6.45) is 3.28. The summed E-state index contributed by atoms with van der Waals surface area (Å²) < 4.78 is 0. The molecule has 0 unspecified atom stereocenters. The van der Waals surface area contributed by atoms with E-state index in [0.717, 1.165) is 24.6 Å². The molecule has 1 aliphatic carbocycles. The van der Waals surface area contributed by atoms with Crippen LogP contribution in [-0.4, -0.2) is 16.0 Å². The Morgan fingerprint density at radius 3 is 2.90 bits per heavy atom. The van der Waals surface area contributed by atoms with Gasteiger partial charge < -0.3 is 10.3 Å². The van der Waals surface area contributed by atoms with Crippen LogP contribution in [0.25, 0.3) is 0 Å². The van der Waals surface area contributed by atoms with Gasteiger partial charge in [-0.05, 0) is 24.3 Å². The van der Waals surface area contributed by atoms with Gasteiger partial charge in [-0.3, -0.25) is 0 Å². The number of nitrogens with one attached hydrogen (secondary N) is 1. The highest BCUT2D eigenvalue weighted by Gasteiger charge is 2.30. The van der Waals surface area contributed by atoms with Gasteiger partial charge in [-0.1, -0.05) is 13.0 Å². The van der Waals surface area contributed by atoms with Crippen LogP contribution in [0.1, 0.15) is 30.5 Å². The SMILES string of the molecule is CCc1nc(NN)cc(N(Cc2cccs2)C2CC2)n1. The molecule has 1 aliphatic rings. The fraction of sp³-hybridized carbons (Fsp3) is 0.429. The van der Waals surface area contributed by atoms with E-state index in [-0.39, 0.29) is 0 Å². The highest BCUT2D eigenvalue weighted by molar-refractivity contribution is 7.09. The number of aromatic nitrogens is 2. The second-order valence-electron chi connectivity index (χ2n) is 4.96. The van der Waals surface area contributed by atoms with Crippen molar-refractivity contribution in [2.45, 2.75) is 38.8 Å². The summed E-state index contributed by atoms with van der Waals surface area (Å²) in [4.78, 5) is 12.7. The molecule has 3 rings (SSSR count). The molecule has 1 fully saturated rings. The zero-order valence-electron chi connectivity index (χ0n) is 11.5. The summed E-state index contributed by atoms with van der Waals surface area (Å²) in [5.41, 5.74) is 2.64. The first-order chi connectivity index (χ1) is 9.80. The van der Waals surface area contributed by atoms with Crippen LogP contribution >= 0.6 is 11.3 Å². The Kier molecular flexibility index (Phi) is 3.84. The lowest BCUT2D eigenvalue weighted by molar-refractivity contribution is 0.773. The molecule has 0 aliphatic heterocycles. The van der Waals surface area contributed by atoms with E-state index in [1.165, 1.54) is 17.7 Å². The van der Waals surface area contributed by atoms with Gasteiger partial charge in [-0.15, -0.1) is 11.3 Å². The molecule has 3 N–H and O–H groups in total. The number of nitrogens with two attached hydrogens (primary N) is 1. The summed E-state index contributed by atoms with van der Waals surface area (Å²) in [6, 6.07) is 6.80. The third-order valence-electron chi connectivity index (χ3n) is 3.41. The van der Waals surface area contributed by atoms with Crippen LogP contribution in [0.15, 0.2) is 23.6 Å². The lowest BCUT2D eigenvalue weighted by atomic mass is 10.3. The van der Waals surface area contributed by atoms with Crippen molar-refractivity contribution in [3.05, 3.63) is 34.3 Å². The molecule has 106 valence electrons. The Morgan fingerprint density at radius 2 is 2.30 bits per heavy atom. The molecule has 2 aromatic rings. The van der Waals surface area contributed by atoms with E-state index in [0.29, 0.717) is 11.9 Å². The zero-order chi connectivity index (χ0) is 13.9. The quantitative estimate of drug-likeness (QED) is 0.632. The van der Waals surface area contributed by atoms with E-state index in [1.807, 2.05) is 6.07 Å². The minimum atomic E-state index is 0.599. The summed E-state index contributed by atoms with van der Waals surface area (Å²) in [6.45, 7) is 2.96. The molecule has 6 heteroatoms. The molecule has 0 radical (unpaired) electrons. The van der Waals surface area contributed by atoms with Crippen LogP contribution in [0.5, 0.6) is 0 Å². The van der Waals surface area contributed by atoms with Crippen LogP contribution in [0.4, 0.5) is 11.6 Å². The number of hydrogen-bond acceptors (Lipinski definition) is 6. The average molecular weight is 289 g/mol. The van der Waals surface area contributed by atoms with Crippen LogP contribution in [-0.2, 0) is 13.0 Å². The van der Waals surface area contributed by atoms with Crippen molar-refractivity contribution in [3.63, 3.8) is 0 Å². The Morgan fingerprint density at radius 1 is 1.45 bits per heavy atom. The van der Waals surface area contributed by atoms with E-state index >= 15 is 0 Å². The normalized spacial score (nSPS) is 14.3. The second-order valence-corrected chi connectivity index (χ2v) is 6.00. The van der Waals surface area contributed by atoms with E-state index in [2.05, 4.69) is 44.7 Å². The van der Waals surface area contributed by atoms with Gasteiger partial charge in [0, 0.05) is 23.4 Å². The summed E-state index contributed by atoms with van der Waals surface area (Å²) >= 11 is 1.79. The number of hydrogen-bond donors (Lipinski definition) is 2. The van der Waals surface area contributed by atoms with Gasteiger partial charge in [-0.25, -0.2) is 15.8 Å². The molecule has 0 bridgehead atoms. The lowest BCUT2D eigenvalue weighted by Gasteiger charge is -2.23. The van der Waals surface area contributed by atoms with E-state index < -0.39 is 0 Å². The monoisotopic (exact) mass is 289 g/mol. The van der Waals surface area contributed by atoms with Crippen molar-refractivity contribution in [1.29, 1.82) is 0 Å². The Labute approximate surface area is 122 Å². The van der Waals surface area contributed by atoms with Gasteiger partial charge in [0.15, 0.2) is 0 Å². The summed E-state index contributed by atoms with van der Waals surface area (Å²) in [5.74, 6) is 8.00.